The molecule has 0 saturated carbocycles. The molecule has 1 amide bonds. The zero-order valence-electron chi connectivity index (χ0n) is 12.3. The highest BCUT2D eigenvalue weighted by molar-refractivity contribution is 6.30. The summed E-state index contributed by atoms with van der Waals surface area (Å²) in [5, 5.41) is 6.37. The number of hydrogen-bond donors (Lipinski definition) is 1. The van der Waals surface area contributed by atoms with Crippen LogP contribution in [0.3, 0.4) is 0 Å². The third-order valence-electron chi connectivity index (χ3n) is 3.56. The fraction of sp³-hybridized carbons (Fsp3) is 0.118. The number of nitrogens with two attached hydrogens (primary N) is 1. The van der Waals surface area contributed by atoms with E-state index < -0.39 is 5.91 Å². The maximum Gasteiger partial charge on any atom is 0.280 e. The van der Waals surface area contributed by atoms with Gasteiger partial charge in [0, 0.05) is 23.2 Å². The summed E-state index contributed by atoms with van der Waals surface area (Å²) in [5.41, 5.74) is 7.49. The summed E-state index contributed by atoms with van der Waals surface area (Å²) in [5.74, 6) is -0.347. The summed E-state index contributed by atoms with van der Waals surface area (Å²) in [6.45, 7) is 0. The van der Waals surface area contributed by atoms with Crippen LogP contribution < -0.4 is 5.73 Å². The fourth-order valence-electron chi connectivity index (χ4n) is 2.40. The van der Waals surface area contributed by atoms with Gasteiger partial charge in [0.05, 0.1) is 6.04 Å². The molecule has 0 aliphatic carbocycles. The van der Waals surface area contributed by atoms with E-state index in [1.807, 2.05) is 30.3 Å². The molecule has 5 nitrogen and oxygen atoms in total. The Morgan fingerprint density at radius 1 is 1.17 bits per heavy atom. The number of halogens is 1. The quantitative estimate of drug-likeness (QED) is 0.680. The number of nitrogens with zero attached hydrogens (tertiary/aromatic N) is 3. The van der Waals surface area contributed by atoms with Gasteiger partial charge in [-0.15, -0.1) is 0 Å². The van der Waals surface area contributed by atoms with Gasteiger partial charge in [-0.2, -0.15) is 10.1 Å². The van der Waals surface area contributed by atoms with E-state index in [1.54, 1.807) is 35.5 Å². The number of rotatable bonds is 2. The van der Waals surface area contributed by atoms with Gasteiger partial charge in [-0.25, -0.2) is 5.01 Å². The largest absolute Gasteiger partial charge is 0.368 e. The van der Waals surface area contributed by atoms with Crippen LogP contribution in [-0.4, -0.2) is 23.1 Å². The van der Waals surface area contributed by atoms with Crippen molar-refractivity contribution in [2.75, 3.05) is 0 Å². The molecule has 1 aliphatic rings. The summed E-state index contributed by atoms with van der Waals surface area (Å²) in [4.78, 5) is 16.1. The van der Waals surface area contributed by atoms with E-state index in [0.717, 1.165) is 12.0 Å². The highest BCUT2D eigenvalue weighted by Crippen LogP contribution is 2.27. The average molecular weight is 327 g/mol. The van der Waals surface area contributed by atoms with Gasteiger partial charge >= 0.3 is 0 Å². The fourth-order valence-corrected chi connectivity index (χ4v) is 2.52. The van der Waals surface area contributed by atoms with Crippen molar-refractivity contribution < 1.29 is 4.79 Å². The molecule has 2 aromatic rings. The molecule has 0 radical (unpaired) electrons. The molecular weight excluding hydrogens is 312 g/mol. The van der Waals surface area contributed by atoms with E-state index in [1.165, 1.54) is 0 Å². The van der Waals surface area contributed by atoms with Crippen molar-refractivity contribution in [2.45, 2.75) is 12.5 Å². The number of carbonyl (C=O) groups is 1. The van der Waals surface area contributed by atoms with E-state index in [0.29, 0.717) is 10.6 Å². The maximum absolute atomic E-state index is 12.2. The van der Waals surface area contributed by atoms with E-state index in [4.69, 9.17) is 17.3 Å². The predicted octanol–water partition coefficient (Wildman–Crippen LogP) is 3.23. The molecule has 0 unspecified atom stereocenters. The third-order valence-corrected chi connectivity index (χ3v) is 3.81. The van der Waals surface area contributed by atoms with Crippen molar-refractivity contribution >= 4 is 29.7 Å². The Labute approximate surface area is 139 Å². The molecule has 2 aromatic carbocycles. The standard InChI is InChI=1S/C17H15ClN4O/c18-14-8-6-13(7-9-14)16(23)21-17(19)22-15(10-11-20-22)12-4-2-1-3-5-12/h1-9,11,15H,10H2,(H2,19,21,23)/t15-/m0/s1. The van der Waals surface area contributed by atoms with Gasteiger partial charge in [0.1, 0.15) is 0 Å². The molecule has 0 aromatic heterocycles. The number of benzene rings is 2. The van der Waals surface area contributed by atoms with Gasteiger partial charge in [0.2, 0.25) is 5.96 Å². The van der Waals surface area contributed by atoms with Crippen LogP contribution >= 0.6 is 11.6 Å². The maximum atomic E-state index is 12.2. The monoisotopic (exact) mass is 326 g/mol. The molecule has 3 rings (SSSR count). The van der Waals surface area contributed by atoms with E-state index in [9.17, 15) is 4.79 Å². The van der Waals surface area contributed by atoms with Gasteiger partial charge in [0.15, 0.2) is 0 Å². The van der Waals surface area contributed by atoms with Crippen LogP contribution in [0, 0.1) is 0 Å². The molecule has 0 bridgehead atoms. The molecule has 1 atom stereocenters. The molecule has 6 heteroatoms. The van der Waals surface area contributed by atoms with Crippen molar-refractivity contribution in [1.82, 2.24) is 5.01 Å². The minimum absolute atomic E-state index is 0.0435. The predicted molar refractivity (Wildman–Crippen MR) is 91.5 cm³/mol. The number of guanidine groups is 1. The molecule has 23 heavy (non-hydrogen) atoms. The zero-order chi connectivity index (χ0) is 16.2. The van der Waals surface area contributed by atoms with Crippen molar-refractivity contribution in [1.29, 1.82) is 0 Å². The topological polar surface area (TPSA) is 71.0 Å². The molecular formula is C17H15ClN4O. The second-order valence-electron chi connectivity index (χ2n) is 5.09. The first-order valence-corrected chi connectivity index (χ1v) is 7.53. The first kappa shape index (κ1) is 15.2. The normalized spacial score (nSPS) is 17.5. The van der Waals surface area contributed by atoms with Crippen LogP contribution in [0.25, 0.3) is 0 Å². The number of hydrazone groups is 1. The number of carbonyl (C=O) groups excluding carboxylic acids is 1. The van der Waals surface area contributed by atoms with E-state index >= 15 is 0 Å². The summed E-state index contributed by atoms with van der Waals surface area (Å²) in [7, 11) is 0. The molecule has 2 N–H and O–H groups in total. The molecule has 1 heterocycles. The third kappa shape index (κ3) is 3.40. The first-order valence-electron chi connectivity index (χ1n) is 7.16. The number of aliphatic imine (C=N–C) groups is 1. The Kier molecular flexibility index (Phi) is 4.39. The lowest BCUT2D eigenvalue weighted by Gasteiger charge is -2.22. The minimum Gasteiger partial charge on any atom is -0.368 e. The first-order chi connectivity index (χ1) is 11.1. The highest BCUT2D eigenvalue weighted by atomic mass is 35.5. The molecule has 1 aliphatic heterocycles. The van der Waals surface area contributed by atoms with Crippen LogP contribution in [-0.2, 0) is 0 Å². The summed E-state index contributed by atoms with van der Waals surface area (Å²) in [6.07, 6.45) is 2.49. The number of hydrogen-bond acceptors (Lipinski definition) is 2. The minimum atomic E-state index is -0.423. The summed E-state index contributed by atoms with van der Waals surface area (Å²) >= 11 is 5.81. The Bertz CT molecular complexity index is 756. The lowest BCUT2D eigenvalue weighted by molar-refractivity contribution is 0.100. The van der Waals surface area contributed by atoms with Crippen molar-refractivity contribution in [2.24, 2.45) is 15.8 Å². The highest BCUT2D eigenvalue weighted by Gasteiger charge is 2.25. The lowest BCUT2D eigenvalue weighted by Crippen LogP contribution is -2.34. The van der Waals surface area contributed by atoms with Crippen LogP contribution in [0.15, 0.2) is 64.7 Å². The van der Waals surface area contributed by atoms with Gasteiger partial charge in [-0.1, -0.05) is 41.9 Å². The van der Waals surface area contributed by atoms with Crippen molar-refractivity contribution in [3.8, 4) is 0 Å². The van der Waals surface area contributed by atoms with Crippen LogP contribution in [0.5, 0.6) is 0 Å². The SMILES string of the molecule is NC(=NC(=O)c1ccc(Cl)cc1)N1N=CC[C@H]1c1ccccc1. The Morgan fingerprint density at radius 2 is 1.87 bits per heavy atom. The zero-order valence-corrected chi connectivity index (χ0v) is 13.0. The van der Waals surface area contributed by atoms with E-state index in [-0.39, 0.29) is 12.0 Å². The van der Waals surface area contributed by atoms with Gasteiger partial charge in [-0.3, -0.25) is 4.79 Å². The van der Waals surface area contributed by atoms with Crippen LogP contribution in [0.2, 0.25) is 5.02 Å². The molecule has 116 valence electrons. The van der Waals surface area contributed by atoms with Crippen molar-refractivity contribution in [3.63, 3.8) is 0 Å². The Balaban J connectivity index is 1.81. The molecule has 0 fully saturated rings. The van der Waals surface area contributed by atoms with Gasteiger partial charge in [0.25, 0.3) is 5.91 Å². The van der Waals surface area contributed by atoms with Crippen molar-refractivity contribution in [3.05, 3.63) is 70.7 Å². The Hall–Kier alpha value is -2.66. The lowest BCUT2D eigenvalue weighted by atomic mass is 10.1. The van der Waals surface area contributed by atoms with Crippen LogP contribution in [0.4, 0.5) is 0 Å². The molecule has 0 saturated heterocycles. The van der Waals surface area contributed by atoms with Gasteiger partial charge in [-0.05, 0) is 29.8 Å². The summed E-state index contributed by atoms with van der Waals surface area (Å²) < 4.78 is 0. The van der Waals surface area contributed by atoms with Gasteiger partial charge < -0.3 is 5.73 Å². The second-order valence-corrected chi connectivity index (χ2v) is 5.52. The van der Waals surface area contributed by atoms with Crippen LogP contribution in [0.1, 0.15) is 28.4 Å². The Morgan fingerprint density at radius 3 is 2.57 bits per heavy atom. The second kappa shape index (κ2) is 6.62. The average Bonchev–Trinajstić information content (AvgIpc) is 3.06. The molecule has 0 spiro atoms. The van der Waals surface area contributed by atoms with E-state index in [2.05, 4.69) is 10.1 Å². The smallest absolute Gasteiger partial charge is 0.280 e. The summed E-state index contributed by atoms with van der Waals surface area (Å²) in [6, 6.07) is 16.3. The number of amides is 1.